The first kappa shape index (κ1) is 22.2. The van der Waals surface area contributed by atoms with Crippen molar-refractivity contribution in [2.75, 3.05) is 43.9 Å². The minimum absolute atomic E-state index is 0.157. The number of thioether (sulfide) groups is 1. The molecule has 3 aromatic rings. The van der Waals surface area contributed by atoms with Crippen molar-refractivity contribution in [3.63, 3.8) is 0 Å². The average molecular weight is 452 g/mol. The monoisotopic (exact) mass is 451 g/mol. The van der Waals surface area contributed by atoms with Gasteiger partial charge in [-0.1, -0.05) is 42.1 Å². The van der Waals surface area contributed by atoms with Gasteiger partial charge in [-0.3, -0.25) is 4.79 Å². The molecule has 0 spiro atoms. The summed E-state index contributed by atoms with van der Waals surface area (Å²) in [7, 11) is 1.66. The first-order valence-electron chi connectivity index (χ1n) is 10.9. The van der Waals surface area contributed by atoms with Gasteiger partial charge in [0.15, 0.2) is 5.16 Å². The molecule has 1 amide bonds. The Morgan fingerprint density at radius 2 is 1.72 bits per heavy atom. The lowest BCUT2D eigenvalue weighted by Crippen LogP contribution is -2.49. The number of amides is 1. The van der Waals surface area contributed by atoms with Crippen LogP contribution in [0, 0.1) is 0 Å². The third kappa shape index (κ3) is 5.24. The maximum Gasteiger partial charge on any atom is 0.233 e. The Morgan fingerprint density at radius 3 is 2.38 bits per heavy atom. The van der Waals surface area contributed by atoms with Crippen LogP contribution in [0.1, 0.15) is 18.3 Å². The van der Waals surface area contributed by atoms with Crippen LogP contribution in [-0.2, 0) is 17.8 Å². The predicted octanol–water partition coefficient (Wildman–Crippen LogP) is 3.34. The summed E-state index contributed by atoms with van der Waals surface area (Å²) in [5.74, 6) is 2.28. The number of nitrogens with zero attached hydrogens (tertiary/aromatic N) is 5. The quantitative estimate of drug-likeness (QED) is 0.490. The van der Waals surface area contributed by atoms with E-state index in [0.29, 0.717) is 12.2 Å². The van der Waals surface area contributed by atoms with E-state index in [0.717, 1.165) is 55.0 Å². The van der Waals surface area contributed by atoms with Gasteiger partial charge in [-0.15, -0.1) is 10.2 Å². The molecule has 0 atom stereocenters. The van der Waals surface area contributed by atoms with Crippen LogP contribution in [0.3, 0.4) is 0 Å². The molecule has 2 aromatic carbocycles. The van der Waals surface area contributed by atoms with Crippen molar-refractivity contribution in [1.82, 2.24) is 19.7 Å². The Balaban J connectivity index is 1.31. The minimum atomic E-state index is 0.157. The zero-order valence-electron chi connectivity index (χ0n) is 18.6. The molecule has 1 aliphatic heterocycles. The van der Waals surface area contributed by atoms with Gasteiger partial charge in [0.05, 0.1) is 12.9 Å². The van der Waals surface area contributed by atoms with Crippen LogP contribution in [-0.4, -0.2) is 64.6 Å². The summed E-state index contributed by atoms with van der Waals surface area (Å²) < 4.78 is 7.32. The summed E-state index contributed by atoms with van der Waals surface area (Å²) in [6, 6.07) is 18.4. The number of carbonyl (C=O) groups is 1. The Hall–Kier alpha value is -3.00. The second-order valence-corrected chi connectivity index (χ2v) is 8.60. The fraction of sp³-hybridized carbons (Fsp3) is 0.375. The molecule has 0 N–H and O–H groups in total. The van der Waals surface area contributed by atoms with Gasteiger partial charge in [0.2, 0.25) is 5.91 Å². The highest BCUT2D eigenvalue weighted by atomic mass is 32.2. The molecule has 168 valence electrons. The number of piperazine rings is 1. The number of methoxy groups -OCH3 is 1. The van der Waals surface area contributed by atoms with Crippen molar-refractivity contribution < 1.29 is 9.53 Å². The highest BCUT2D eigenvalue weighted by molar-refractivity contribution is 7.99. The van der Waals surface area contributed by atoms with E-state index in [-0.39, 0.29) is 5.91 Å². The maximum absolute atomic E-state index is 12.8. The van der Waals surface area contributed by atoms with Gasteiger partial charge in [-0.05, 0) is 36.8 Å². The highest BCUT2D eigenvalue weighted by Gasteiger charge is 2.22. The number of carbonyl (C=O) groups excluding carboxylic acids is 1. The highest BCUT2D eigenvalue weighted by Crippen LogP contribution is 2.21. The van der Waals surface area contributed by atoms with Gasteiger partial charge >= 0.3 is 0 Å². The van der Waals surface area contributed by atoms with E-state index in [4.69, 9.17) is 4.74 Å². The molecule has 0 saturated carbocycles. The van der Waals surface area contributed by atoms with Crippen LogP contribution in [0.15, 0.2) is 59.8 Å². The zero-order valence-corrected chi connectivity index (χ0v) is 19.4. The summed E-state index contributed by atoms with van der Waals surface area (Å²) in [4.78, 5) is 17.1. The van der Waals surface area contributed by atoms with Gasteiger partial charge < -0.3 is 19.1 Å². The normalized spacial score (nSPS) is 13.9. The van der Waals surface area contributed by atoms with Gasteiger partial charge in [0.25, 0.3) is 0 Å². The molecule has 32 heavy (non-hydrogen) atoms. The van der Waals surface area contributed by atoms with Crippen molar-refractivity contribution in [1.29, 1.82) is 0 Å². The molecule has 4 rings (SSSR count). The fourth-order valence-corrected chi connectivity index (χ4v) is 4.79. The van der Waals surface area contributed by atoms with Crippen LogP contribution in [0.2, 0.25) is 0 Å². The number of benzene rings is 2. The number of rotatable bonds is 8. The predicted molar refractivity (Wildman–Crippen MR) is 127 cm³/mol. The lowest BCUT2D eigenvalue weighted by Gasteiger charge is -2.36. The molecule has 1 aromatic heterocycles. The number of aromatic nitrogens is 3. The van der Waals surface area contributed by atoms with Crippen molar-refractivity contribution in [2.45, 2.75) is 25.0 Å². The van der Waals surface area contributed by atoms with Crippen molar-refractivity contribution >= 4 is 23.4 Å². The van der Waals surface area contributed by atoms with Crippen LogP contribution >= 0.6 is 11.8 Å². The molecule has 0 aliphatic carbocycles. The van der Waals surface area contributed by atoms with E-state index in [1.165, 1.54) is 17.4 Å². The number of para-hydroxylation sites is 1. The molecule has 1 saturated heterocycles. The average Bonchev–Trinajstić information content (AvgIpc) is 3.25. The zero-order chi connectivity index (χ0) is 22.3. The van der Waals surface area contributed by atoms with Crippen molar-refractivity contribution in [2.24, 2.45) is 0 Å². The van der Waals surface area contributed by atoms with Gasteiger partial charge in [0, 0.05) is 44.8 Å². The van der Waals surface area contributed by atoms with Gasteiger partial charge in [-0.2, -0.15) is 0 Å². The van der Waals surface area contributed by atoms with Crippen molar-refractivity contribution in [3.8, 4) is 5.75 Å². The first-order chi connectivity index (χ1) is 15.7. The van der Waals surface area contributed by atoms with E-state index in [9.17, 15) is 4.79 Å². The third-order valence-corrected chi connectivity index (χ3v) is 6.66. The lowest BCUT2D eigenvalue weighted by atomic mass is 10.1. The largest absolute Gasteiger partial charge is 0.497 e. The second-order valence-electron chi connectivity index (χ2n) is 7.66. The Bertz CT molecular complexity index is 1010. The fourth-order valence-electron chi connectivity index (χ4n) is 3.87. The summed E-state index contributed by atoms with van der Waals surface area (Å²) in [6.45, 7) is 6.06. The maximum atomic E-state index is 12.8. The third-order valence-electron chi connectivity index (χ3n) is 5.71. The Labute approximate surface area is 193 Å². The van der Waals surface area contributed by atoms with Crippen molar-refractivity contribution in [3.05, 3.63) is 66.0 Å². The van der Waals surface area contributed by atoms with Crippen LogP contribution in [0.25, 0.3) is 0 Å². The standard InChI is InChI=1S/C24H29N5O2S/c1-3-29-22(17-19-9-11-21(31-2)12-10-19)25-26-24(29)32-18-23(30)28-15-13-27(14-16-28)20-7-5-4-6-8-20/h4-12H,3,13-18H2,1-2H3. The van der Waals surface area contributed by atoms with Crippen LogP contribution < -0.4 is 9.64 Å². The lowest BCUT2D eigenvalue weighted by molar-refractivity contribution is -0.128. The number of hydrogen-bond acceptors (Lipinski definition) is 6. The first-order valence-corrected chi connectivity index (χ1v) is 11.9. The molecule has 0 unspecified atom stereocenters. The summed E-state index contributed by atoms with van der Waals surface area (Å²) in [5, 5.41) is 9.54. The van der Waals surface area contributed by atoms with E-state index in [2.05, 4.69) is 50.9 Å². The molecule has 8 heteroatoms. The summed E-state index contributed by atoms with van der Waals surface area (Å²) in [5.41, 5.74) is 2.37. The van der Waals surface area contributed by atoms with Crippen LogP contribution in [0.4, 0.5) is 5.69 Å². The smallest absolute Gasteiger partial charge is 0.233 e. The summed E-state index contributed by atoms with van der Waals surface area (Å²) >= 11 is 1.47. The molecule has 1 aliphatic rings. The molecule has 2 heterocycles. The number of hydrogen-bond donors (Lipinski definition) is 0. The molecule has 0 bridgehead atoms. The Kier molecular flexibility index (Phi) is 7.32. The van der Waals surface area contributed by atoms with E-state index < -0.39 is 0 Å². The molecule has 7 nitrogen and oxygen atoms in total. The molecule has 1 fully saturated rings. The molecular weight excluding hydrogens is 422 g/mol. The SMILES string of the molecule is CCn1c(Cc2ccc(OC)cc2)nnc1SCC(=O)N1CCN(c2ccccc2)CC1. The molecular formula is C24H29N5O2S. The second kappa shape index (κ2) is 10.5. The van der Waals surface area contributed by atoms with Gasteiger partial charge in [-0.25, -0.2) is 0 Å². The number of anilines is 1. The number of ether oxygens (including phenoxy) is 1. The Morgan fingerprint density at radius 1 is 1.00 bits per heavy atom. The van der Waals surface area contributed by atoms with E-state index in [1.54, 1.807) is 7.11 Å². The molecule has 0 radical (unpaired) electrons. The minimum Gasteiger partial charge on any atom is -0.497 e. The topological polar surface area (TPSA) is 63.5 Å². The van der Waals surface area contributed by atoms with E-state index >= 15 is 0 Å². The van der Waals surface area contributed by atoms with Gasteiger partial charge in [0.1, 0.15) is 11.6 Å². The van der Waals surface area contributed by atoms with E-state index in [1.807, 2.05) is 35.2 Å². The summed E-state index contributed by atoms with van der Waals surface area (Å²) in [6.07, 6.45) is 0.695. The van der Waals surface area contributed by atoms with Crippen LogP contribution in [0.5, 0.6) is 5.75 Å².